The number of tetrazole rings is 1. The van der Waals surface area contributed by atoms with Gasteiger partial charge in [0.1, 0.15) is 0 Å². The highest BCUT2D eigenvalue weighted by Gasteiger charge is 2.27. The molecule has 1 saturated carbocycles. The third kappa shape index (κ3) is 2.30. The standard InChI is InChI=1S/C10H18N4/c1-10(6-4-2-3-5-7-10)8-9-11-13-14-12-9/h2-8H2,1H3,(H,11,12,13,14). The van der Waals surface area contributed by atoms with Crippen LogP contribution in [-0.4, -0.2) is 20.6 Å². The Bertz CT molecular complexity index is 260. The van der Waals surface area contributed by atoms with Crippen molar-refractivity contribution >= 4 is 0 Å². The first-order valence-corrected chi connectivity index (χ1v) is 5.51. The molecular weight excluding hydrogens is 176 g/mol. The van der Waals surface area contributed by atoms with E-state index < -0.39 is 0 Å². The van der Waals surface area contributed by atoms with Crippen LogP contribution < -0.4 is 0 Å². The average molecular weight is 194 g/mol. The molecule has 0 amide bonds. The number of hydrogen-bond acceptors (Lipinski definition) is 3. The first-order valence-electron chi connectivity index (χ1n) is 5.51. The van der Waals surface area contributed by atoms with Gasteiger partial charge in [0.15, 0.2) is 5.82 Å². The molecule has 0 bridgehead atoms. The maximum atomic E-state index is 4.04. The zero-order valence-corrected chi connectivity index (χ0v) is 8.79. The lowest BCUT2D eigenvalue weighted by molar-refractivity contribution is 0.269. The number of hydrogen-bond donors (Lipinski definition) is 1. The molecule has 1 fully saturated rings. The smallest absolute Gasteiger partial charge is 0.175 e. The topological polar surface area (TPSA) is 54.5 Å². The zero-order chi connectivity index (χ0) is 9.86. The molecule has 78 valence electrons. The Morgan fingerprint density at radius 1 is 1.21 bits per heavy atom. The van der Waals surface area contributed by atoms with E-state index in [2.05, 4.69) is 27.5 Å². The van der Waals surface area contributed by atoms with Crippen LogP contribution in [0.1, 0.15) is 51.3 Å². The van der Waals surface area contributed by atoms with E-state index in [1.807, 2.05) is 0 Å². The zero-order valence-electron chi connectivity index (χ0n) is 8.79. The summed E-state index contributed by atoms with van der Waals surface area (Å²) >= 11 is 0. The molecule has 1 aromatic rings. The van der Waals surface area contributed by atoms with Crippen molar-refractivity contribution in [2.75, 3.05) is 0 Å². The van der Waals surface area contributed by atoms with E-state index >= 15 is 0 Å². The van der Waals surface area contributed by atoms with Crippen LogP contribution in [0, 0.1) is 5.41 Å². The molecule has 0 aliphatic heterocycles. The van der Waals surface area contributed by atoms with Crippen molar-refractivity contribution in [3.63, 3.8) is 0 Å². The summed E-state index contributed by atoms with van der Waals surface area (Å²) in [5.74, 6) is 0.870. The van der Waals surface area contributed by atoms with Crippen molar-refractivity contribution < 1.29 is 0 Å². The van der Waals surface area contributed by atoms with Gasteiger partial charge in [0.05, 0.1) is 0 Å². The molecule has 0 spiro atoms. The molecule has 4 nitrogen and oxygen atoms in total. The highest BCUT2D eigenvalue weighted by molar-refractivity contribution is 4.88. The van der Waals surface area contributed by atoms with Gasteiger partial charge in [-0.3, -0.25) is 0 Å². The Balaban J connectivity index is 1.99. The number of aromatic amines is 1. The fourth-order valence-electron chi connectivity index (χ4n) is 2.40. The van der Waals surface area contributed by atoms with Crippen molar-refractivity contribution in [2.24, 2.45) is 5.41 Å². The van der Waals surface area contributed by atoms with Gasteiger partial charge in [-0.05, 0) is 18.3 Å². The monoisotopic (exact) mass is 194 g/mol. The summed E-state index contributed by atoms with van der Waals surface area (Å²) in [6.07, 6.45) is 9.08. The van der Waals surface area contributed by atoms with Crippen LogP contribution in [0.5, 0.6) is 0 Å². The largest absolute Gasteiger partial charge is 0.177 e. The quantitative estimate of drug-likeness (QED) is 0.733. The third-order valence-corrected chi connectivity index (χ3v) is 3.28. The summed E-state index contributed by atoms with van der Waals surface area (Å²) < 4.78 is 0. The predicted molar refractivity (Wildman–Crippen MR) is 53.7 cm³/mol. The summed E-state index contributed by atoms with van der Waals surface area (Å²) in [5, 5.41) is 14.2. The lowest BCUT2D eigenvalue weighted by atomic mass is 9.79. The Labute approximate surface area is 84.5 Å². The molecule has 14 heavy (non-hydrogen) atoms. The summed E-state index contributed by atoms with van der Waals surface area (Å²) in [6.45, 7) is 2.36. The Morgan fingerprint density at radius 3 is 2.50 bits per heavy atom. The fraction of sp³-hybridized carbons (Fsp3) is 0.900. The van der Waals surface area contributed by atoms with Crippen LogP contribution in [0.4, 0.5) is 0 Å². The van der Waals surface area contributed by atoms with Gasteiger partial charge in [0.25, 0.3) is 0 Å². The van der Waals surface area contributed by atoms with Crippen LogP contribution in [0.3, 0.4) is 0 Å². The van der Waals surface area contributed by atoms with Crippen molar-refractivity contribution in [3.05, 3.63) is 5.82 Å². The van der Waals surface area contributed by atoms with E-state index in [4.69, 9.17) is 0 Å². The normalized spacial score (nSPS) is 21.8. The summed E-state index contributed by atoms with van der Waals surface area (Å²) in [6, 6.07) is 0. The SMILES string of the molecule is CC1(Cc2nn[nH]n2)CCCCCC1. The number of nitrogens with zero attached hydrogens (tertiary/aromatic N) is 3. The van der Waals surface area contributed by atoms with Crippen molar-refractivity contribution in [1.82, 2.24) is 20.6 Å². The second kappa shape index (κ2) is 4.07. The lowest BCUT2D eigenvalue weighted by Crippen LogP contribution is -2.19. The highest BCUT2D eigenvalue weighted by Crippen LogP contribution is 2.36. The second-order valence-electron chi connectivity index (χ2n) is 4.73. The number of H-pyrrole nitrogens is 1. The number of aromatic nitrogens is 4. The highest BCUT2D eigenvalue weighted by atomic mass is 15.5. The molecule has 1 N–H and O–H groups in total. The minimum Gasteiger partial charge on any atom is -0.177 e. The van der Waals surface area contributed by atoms with Crippen LogP contribution in [0.2, 0.25) is 0 Å². The number of nitrogens with one attached hydrogen (secondary N) is 1. The van der Waals surface area contributed by atoms with Crippen LogP contribution in [-0.2, 0) is 6.42 Å². The van der Waals surface area contributed by atoms with Crippen molar-refractivity contribution in [3.8, 4) is 0 Å². The van der Waals surface area contributed by atoms with Gasteiger partial charge < -0.3 is 0 Å². The van der Waals surface area contributed by atoms with Gasteiger partial charge in [0, 0.05) is 6.42 Å². The van der Waals surface area contributed by atoms with Crippen LogP contribution >= 0.6 is 0 Å². The Hall–Kier alpha value is -0.930. The van der Waals surface area contributed by atoms with Crippen molar-refractivity contribution in [1.29, 1.82) is 0 Å². The van der Waals surface area contributed by atoms with E-state index in [9.17, 15) is 0 Å². The van der Waals surface area contributed by atoms with Gasteiger partial charge >= 0.3 is 0 Å². The van der Waals surface area contributed by atoms with Crippen LogP contribution in [0.15, 0.2) is 0 Å². The first-order chi connectivity index (χ1) is 6.79. The molecule has 0 radical (unpaired) electrons. The van der Waals surface area contributed by atoms with E-state index in [-0.39, 0.29) is 0 Å². The van der Waals surface area contributed by atoms with E-state index in [1.165, 1.54) is 38.5 Å². The maximum absolute atomic E-state index is 4.04. The van der Waals surface area contributed by atoms with Gasteiger partial charge in [-0.2, -0.15) is 5.21 Å². The molecule has 0 atom stereocenters. The average Bonchev–Trinajstić information content (AvgIpc) is 2.55. The van der Waals surface area contributed by atoms with Gasteiger partial charge in [-0.1, -0.05) is 37.8 Å². The molecule has 1 heterocycles. The maximum Gasteiger partial charge on any atom is 0.175 e. The molecule has 1 aliphatic rings. The van der Waals surface area contributed by atoms with Gasteiger partial charge in [0.2, 0.25) is 0 Å². The molecule has 1 aliphatic carbocycles. The Kier molecular flexibility index (Phi) is 2.79. The molecule has 0 saturated heterocycles. The minimum atomic E-state index is 0.403. The van der Waals surface area contributed by atoms with Crippen LogP contribution in [0.25, 0.3) is 0 Å². The second-order valence-corrected chi connectivity index (χ2v) is 4.73. The van der Waals surface area contributed by atoms with E-state index in [0.29, 0.717) is 5.41 Å². The molecule has 2 rings (SSSR count). The molecule has 0 aromatic carbocycles. The first kappa shape index (κ1) is 9.62. The molecule has 4 heteroatoms. The van der Waals surface area contributed by atoms with E-state index in [0.717, 1.165) is 12.2 Å². The summed E-state index contributed by atoms with van der Waals surface area (Å²) in [4.78, 5) is 0. The molecule has 0 unspecified atom stereocenters. The third-order valence-electron chi connectivity index (χ3n) is 3.28. The minimum absolute atomic E-state index is 0.403. The Morgan fingerprint density at radius 2 is 1.93 bits per heavy atom. The number of rotatable bonds is 2. The lowest BCUT2D eigenvalue weighted by Gasteiger charge is -2.26. The van der Waals surface area contributed by atoms with Crippen molar-refractivity contribution in [2.45, 2.75) is 51.9 Å². The fourth-order valence-corrected chi connectivity index (χ4v) is 2.40. The summed E-state index contributed by atoms with van der Waals surface area (Å²) in [5.41, 5.74) is 0.403. The van der Waals surface area contributed by atoms with E-state index in [1.54, 1.807) is 0 Å². The molecule has 1 aromatic heterocycles. The predicted octanol–water partition coefficient (Wildman–Crippen LogP) is 2.10. The summed E-state index contributed by atoms with van der Waals surface area (Å²) in [7, 11) is 0. The molecular formula is C10H18N4. The van der Waals surface area contributed by atoms with Gasteiger partial charge in [-0.25, -0.2) is 0 Å². The van der Waals surface area contributed by atoms with Gasteiger partial charge in [-0.15, -0.1) is 10.2 Å².